The van der Waals surface area contributed by atoms with Crippen LogP contribution in [-0.4, -0.2) is 31.4 Å². The Labute approximate surface area is 124 Å². The number of nitriles is 1. The second-order valence-corrected chi connectivity index (χ2v) is 4.75. The molecule has 0 spiro atoms. The molecule has 0 fully saturated rings. The number of quaternary nitrogens is 1. The van der Waals surface area contributed by atoms with Crippen molar-refractivity contribution in [1.29, 1.82) is 5.26 Å². The van der Waals surface area contributed by atoms with E-state index in [0.29, 0.717) is 30.9 Å². The predicted molar refractivity (Wildman–Crippen MR) is 80.8 cm³/mol. The molecule has 0 aliphatic heterocycles. The maximum atomic E-state index is 11.9. The molecule has 0 saturated carbocycles. The van der Waals surface area contributed by atoms with E-state index >= 15 is 0 Å². The largest absolute Gasteiger partial charge is 0.327 e. The van der Waals surface area contributed by atoms with Crippen LogP contribution in [0, 0.1) is 11.3 Å². The number of rotatable bonds is 7. The van der Waals surface area contributed by atoms with E-state index in [1.54, 1.807) is 24.3 Å². The van der Waals surface area contributed by atoms with E-state index in [1.807, 2.05) is 6.92 Å². The maximum Gasteiger partial charge on any atom is 0.279 e. The molecule has 21 heavy (non-hydrogen) atoms. The fraction of sp³-hybridized carbons (Fsp3) is 0.400. The minimum atomic E-state index is -0.133. The first kappa shape index (κ1) is 16.7. The van der Waals surface area contributed by atoms with E-state index in [-0.39, 0.29) is 11.8 Å². The fourth-order valence-electron chi connectivity index (χ4n) is 1.90. The number of anilines is 2. The van der Waals surface area contributed by atoms with Crippen molar-refractivity contribution < 1.29 is 14.5 Å². The van der Waals surface area contributed by atoms with Crippen molar-refractivity contribution in [2.75, 3.05) is 30.3 Å². The van der Waals surface area contributed by atoms with Gasteiger partial charge in [0.05, 0.1) is 25.6 Å². The van der Waals surface area contributed by atoms with Gasteiger partial charge in [0.25, 0.3) is 5.91 Å². The maximum absolute atomic E-state index is 11.9. The third-order valence-corrected chi connectivity index (χ3v) is 2.99. The monoisotopic (exact) mass is 289 g/mol. The lowest BCUT2D eigenvalue weighted by Crippen LogP contribution is -3.12. The van der Waals surface area contributed by atoms with Crippen molar-refractivity contribution >= 4 is 23.2 Å². The van der Waals surface area contributed by atoms with E-state index < -0.39 is 0 Å². The molecule has 0 bridgehead atoms. The Morgan fingerprint density at radius 3 is 2.24 bits per heavy atom. The molecule has 0 saturated heterocycles. The molecule has 1 aromatic rings. The molecule has 0 radical (unpaired) electrons. The van der Waals surface area contributed by atoms with Crippen molar-refractivity contribution in [1.82, 2.24) is 0 Å². The van der Waals surface area contributed by atoms with Gasteiger partial charge in [0.1, 0.15) is 0 Å². The Kier molecular flexibility index (Phi) is 6.92. The molecule has 1 aromatic carbocycles. The minimum Gasteiger partial charge on any atom is -0.327 e. The summed E-state index contributed by atoms with van der Waals surface area (Å²) in [6, 6.07) is 9.04. The molecule has 3 N–H and O–H groups in total. The smallest absolute Gasteiger partial charge is 0.279 e. The summed E-state index contributed by atoms with van der Waals surface area (Å²) in [5.74, 6) is -0.219. The molecule has 0 aliphatic rings. The quantitative estimate of drug-likeness (QED) is 0.679. The number of carbonyl (C=O) groups excluding carboxylic acids is 2. The van der Waals surface area contributed by atoms with Gasteiger partial charge in [-0.05, 0) is 31.2 Å². The molecule has 0 heterocycles. The number of amides is 2. The van der Waals surface area contributed by atoms with Crippen LogP contribution >= 0.6 is 0 Å². The van der Waals surface area contributed by atoms with Crippen LogP contribution in [0.25, 0.3) is 0 Å². The summed E-state index contributed by atoms with van der Waals surface area (Å²) in [6.07, 6.45) is 0.446. The van der Waals surface area contributed by atoms with E-state index in [0.717, 1.165) is 11.4 Å². The Balaban J connectivity index is 2.50. The standard InChI is InChI=1S/C15H20N4O2/c1-3-19(10-4-9-16)11-15(21)18-14-7-5-13(6-8-14)17-12(2)20/h5-8H,3-4,10-11H2,1-2H3,(H,17,20)(H,18,21)/p+1. The number of hydrogen-bond acceptors (Lipinski definition) is 3. The van der Waals surface area contributed by atoms with Gasteiger partial charge in [-0.1, -0.05) is 0 Å². The minimum absolute atomic E-state index is 0.0860. The molecule has 112 valence electrons. The average Bonchev–Trinajstić information content (AvgIpc) is 2.45. The highest BCUT2D eigenvalue weighted by Crippen LogP contribution is 2.13. The van der Waals surface area contributed by atoms with Gasteiger partial charge in [0.2, 0.25) is 5.91 Å². The number of benzene rings is 1. The van der Waals surface area contributed by atoms with E-state index in [2.05, 4.69) is 16.7 Å². The lowest BCUT2D eigenvalue weighted by molar-refractivity contribution is -0.889. The third-order valence-electron chi connectivity index (χ3n) is 2.99. The molecular weight excluding hydrogens is 268 g/mol. The zero-order valence-corrected chi connectivity index (χ0v) is 12.4. The first-order chi connectivity index (χ1) is 10.0. The van der Waals surface area contributed by atoms with Gasteiger partial charge in [-0.2, -0.15) is 5.26 Å². The lowest BCUT2D eigenvalue weighted by Gasteiger charge is -2.15. The summed E-state index contributed by atoms with van der Waals surface area (Å²) in [7, 11) is 0. The predicted octanol–water partition coefficient (Wildman–Crippen LogP) is 0.402. The van der Waals surface area contributed by atoms with Crippen LogP contribution in [0.3, 0.4) is 0 Å². The Morgan fingerprint density at radius 2 is 1.76 bits per heavy atom. The second kappa shape index (κ2) is 8.72. The number of nitrogens with one attached hydrogen (secondary N) is 3. The van der Waals surface area contributed by atoms with Gasteiger partial charge in [-0.15, -0.1) is 0 Å². The topological polar surface area (TPSA) is 86.4 Å². The first-order valence-electron chi connectivity index (χ1n) is 6.93. The highest BCUT2D eigenvalue weighted by Gasteiger charge is 2.12. The number of likely N-dealkylation sites (N-methyl/N-ethyl adjacent to an activating group) is 1. The second-order valence-electron chi connectivity index (χ2n) is 4.75. The van der Waals surface area contributed by atoms with Crippen molar-refractivity contribution in [3.63, 3.8) is 0 Å². The Morgan fingerprint density at radius 1 is 1.19 bits per heavy atom. The number of nitrogens with zero attached hydrogens (tertiary/aromatic N) is 1. The van der Waals surface area contributed by atoms with Crippen LogP contribution in [0.2, 0.25) is 0 Å². The van der Waals surface area contributed by atoms with E-state index in [1.165, 1.54) is 6.92 Å². The van der Waals surface area contributed by atoms with Gasteiger partial charge in [-0.3, -0.25) is 9.59 Å². The summed E-state index contributed by atoms with van der Waals surface area (Å²) in [6.45, 7) is 5.24. The van der Waals surface area contributed by atoms with E-state index in [4.69, 9.17) is 5.26 Å². The highest BCUT2D eigenvalue weighted by molar-refractivity contribution is 5.92. The molecule has 1 rings (SSSR count). The van der Waals surface area contributed by atoms with Crippen molar-refractivity contribution in [3.05, 3.63) is 24.3 Å². The fourth-order valence-corrected chi connectivity index (χ4v) is 1.90. The molecule has 0 aliphatic carbocycles. The summed E-state index contributed by atoms with van der Waals surface area (Å²) >= 11 is 0. The van der Waals surface area contributed by atoms with Crippen LogP contribution in [0.5, 0.6) is 0 Å². The molecule has 6 nitrogen and oxygen atoms in total. The van der Waals surface area contributed by atoms with Crippen LogP contribution in [0.4, 0.5) is 11.4 Å². The van der Waals surface area contributed by atoms with Gasteiger partial charge in [-0.25, -0.2) is 0 Å². The van der Waals surface area contributed by atoms with Gasteiger partial charge in [0, 0.05) is 18.3 Å². The zero-order valence-electron chi connectivity index (χ0n) is 12.4. The van der Waals surface area contributed by atoms with Crippen molar-refractivity contribution in [2.45, 2.75) is 20.3 Å². The lowest BCUT2D eigenvalue weighted by atomic mass is 10.2. The summed E-state index contributed by atoms with van der Waals surface area (Å²) in [5.41, 5.74) is 1.38. The molecular formula is C15H21N4O2+. The third kappa shape index (κ3) is 6.54. The molecule has 1 unspecified atom stereocenters. The molecule has 2 amide bonds. The zero-order chi connectivity index (χ0) is 15.7. The molecule has 6 heteroatoms. The van der Waals surface area contributed by atoms with Crippen molar-refractivity contribution in [2.24, 2.45) is 0 Å². The summed E-state index contributed by atoms with van der Waals surface area (Å²) in [5, 5.41) is 14.0. The highest BCUT2D eigenvalue weighted by atomic mass is 16.2. The SMILES string of the molecule is CC[NH+](CCC#N)CC(=O)Nc1ccc(NC(C)=O)cc1. The van der Waals surface area contributed by atoms with Crippen molar-refractivity contribution in [3.8, 4) is 6.07 Å². The molecule has 1 atom stereocenters. The summed E-state index contributed by atoms with van der Waals surface area (Å²) in [4.78, 5) is 23.9. The van der Waals surface area contributed by atoms with Crippen LogP contribution in [0.15, 0.2) is 24.3 Å². The van der Waals surface area contributed by atoms with Gasteiger partial charge < -0.3 is 15.5 Å². The van der Waals surface area contributed by atoms with E-state index in [9.17, 15) is 9.59 Å². The van der Waals surface area contributed by atoms with Gasteiger partial charge in [0.15, 0.2) is 6.54 Å². The van der Waals surface area contributed by atoms with Crippen LogP contribution < -0.4 is 15.5 Å². The average molecular weight is 289 g/mol. The summed E-state index contributed by atoms with van der Waals surface area (Å²) < 4.78 is 0. The van der Waals surface area contributed by atoms with Crippen LogP contribution in [-0.2, 0) is 9.59 Å². The number of hydrogen-bond donors (Lipinski definition) is 3. The van der Waals surface area contributed by atoms with Gasteiger partial charge >= 0.3 is 0 Å². The Bertz CT molecular complexity index is 519. The normalized spacial score (nSPS) is 11.3. The molecule has 0 aromatic heterocycles. The Hall–Kier alpha value is -2.39. The first-order valence-corrected chi connectivity index (χ1v) is 6.93. The number of carbonyl (C=O) groups is 2. The van der Waals surface area contributed by atoms with Crippen LogP contribution in [0.1, 0.15) is 20.3 Å².